The Bertz CT molecular complexity index is 1200. The normalized spacial score (nSPS) is 28.6. The number of esters is 1. The number of ether oxygens (including phenoxy) is 1. The van der Waals surface area contributed by atoms with Crippen LogP contribution in [0.2, 0.25) is 0 Å². The van der Waals surface area contributed by atoms with E-state index in [0.29, 0.717) is 38.0 Å². The van der Waals surface area contributed by atoms with Crippen molar-refractivity contribution in [1.82, 2.24) is 4.90 Å². The maximum absolute atomic E-state index is 13.7. The van der Waals surface area contributed by atoms with Gasteiger partial charge < -0.3 is 9.84 Å². The summed E-state index contributed by atoms with van der Waals surface area (Å²) in [6.45, 7) is 1.40. The Labute approximate surface area is 212 Å². The van der Waals surface area contributed by atoms with E-state index in [-0.39, 0.29) is 11.9 Å². The number of carbonyl (C=O) groups excluding carboxylic acids is 1. The molecule has 3 aromatic rings. The lowest BCUT2D eigenvalue weighted by atomic mass is 9.53. The fourth-order valence-electron chi connectivity index (χ4n) is 6.42. The molecule has 2 fully saturated rings. The van der Waals surface area contributed by atoms with Crippen LogP contribution in [-0.4, -0.2) is 36.2 Å². The van der Waals surface area contributed by atoms with Crippen molar-refractivity contribution in [3.05, 3.63) is 93.7 Å². The zero-order chi connectivity index (χ0) is 25.6. The summed E-state index contributed by atoms with van der Waals surface area (Å²) in [5.74, 6) is -1.11. The first-order valence-electron chi connectivity index (χ1n) is 12.0. The van der Waals surface area contributed by atoms with Gasteiger partial charge in [0.05, 0.1) is 23.7 Å². The highest BCUT2D eigenvalue weighted by atomic mass is 32.1. The van der Waals surface area contributed by atoms with Gasteiger partial charge in [-0.1, -0.05) is 42.5 Å². The fraction of sp³-hybridized carbons (Fsp3) is 0.393. The van der Waals surface area contributed by atoms with Gasteiger partial charge >= 0.3 is 12.1 Å². The number of benzene rings is 2. The van der Waals surface area contributed by atoms with Gasteiger partial charge in [0.2, 0.25) is 0 Å². The third-order valence-corrected chi connectivity index (χ3v) is 8.73. The van der Waals surface area contributed by atoms with Gasteiger partial charge in [0.25, 0.3) is 0 Å². The van der Waals surface area contributed by atoms with E-state index in [1.807, 2.05) is 47.2 Å². The summed E-state index contributed by atoms with van der Waals surface area (Å²) in [6.07, 6.45) is -3.62. The number of likely N-dealkylation sites (tertiary alicyclic amines) is 1. The Morgan fingerprint density at radius 1 is 1.14 bits per heavy atom. The second-order valence-corrected chi connectivity index (χ2v) is 10.7. The topological polar surface area (TPSA) is 49.8 Å². The summed E-state index contributed by atoms with van der Waals surface area (Å²) in [6, 6.07) is 16.6. The molecule has 2 aliphatic rings. The minimum atomic E-state index is -4.46. The van der Waals surface area contributed by atoms with E-state index < -0.39 is 28.7 Å². The molecule has 0 spiro atoms. The zero-order valence-electron chi connectivity index (χ0n) is 19.9. The molecular formula is C28H28F3NO3S. The molecule has 5 rings (SSSR count). The maximum atomic E-state index is 13.7. The van der Waals surface area contributed by atoms with Crippen molar-refractivity contribution in [2.24, 2.45) is 11.3 Å². The number of carbonyl (C=O) groups is 1. The van der Waals surface area contributed by atoms with Crippen LogP contribution < -0.4 is 0 Å². The number of methoxy groups -OCH3 is 1. The number of thiophene rings is 1. The molecule has 0 amide bonds. The number of aliphatic hydroxyl groups is 1. The van der Waals surface area contributed by atoms with Crippen molar-refractivity contribution in [3.8, 4) is 0 Å². The van der Waals surface area contributed by atoms with E-state index in [2.05, 4.69) is 4.90 Å². The largest absolute Gasteiger partial charge is 0.469 e. The zero-order valence-corrected chi connectivity index (χ0v) is 20.7. The van der Waals surface area contributed by atoms with Gasteiger partial charge in [0.1, 0.15) is 0 Å². The summed E-state index contributed by atoms with van der Waals surface area (Å²) < 4.78 is 45.1. The number of halogens is 3. The molecule has 190 valence electrons. The van der Waals surface area contributed by atoms with E-state index >= 15 is 0 Å². The summed E-state index contributed by atoms with van der Waals surface area (Å²) in [5, 5.41) is 16.2. The fourth-order valence-corrected chi connectivity index (χ4v) is 7.14. The Morgan fingerprint density at radius 2 is 1.86 bits per heavy atom. The van der Waals surface area contributed by atoms with E-state index in [1.165, 1.54) is 19.2 Å². The first-order valence-corrected chi connectivity index (χ1v) is 12.9. The molecular weight excluding hydrogens is 487 g/mol. The van der Waals surface area contributed by atoms with Gasteiger partial charge in [-0.2, -0.15) is 24.5 Å². The van der Waals surface area contributed by atoms with Crippen LogP contribution in [0.25, 0.3) is 0 Å². The third-order valence-electron chi connectivity index (χ3n) is 8.03. The van der Waals surface area contributed by atoms with E-state index in [4.69, 9.17) is 4.74 Å². The molecule has 1 aromatic heterocycles. The highest BCUT2D eigenvalue weighted by Crippen LogP contribution is 2.61. The van der Waals surface area contributed by atoms with Gasteiger partial charge in [0, 0.05) is 31.5 Å². The summed E-state index contributed by atoms with van der Waals surface area (Å²) >= 11 is 1.55. The van der Waals surface area contributed by atoms with E-state index in [0.717, 1.165) is 23.3 Å². The molecule has 2 heterocycles. The van der Waals surface area contributed by atoms with Crippen molar-refractivity contribution in [2.45, 2.75) is 37.1 Å². The molecule has 0 bridgehead atoms. The molecule has 8 heteroatoms. The lowest BCUT2D eigenvalue weighted by Gasteiger charge is -2.51. The predicted octanol–water partition coefficient (Wildman–Crippen LogP) is 5.82. The van der Waals surface area contributed by atoms with Crippen LogP contribution in [-0.2, 0) is 27.9 Å². The SMILES string of the molecule is COC(=O)C12CN(Cc3ccccc3)CC1C(O)(c1ccc(C(F)(F)F)cc1)CCC2c1ccsc1. The first kappa shape index (κ1) is 25.0. The molecule has 4 unspecified atom stereocenters. The Morgan fingerprint density at radius 3 is 2.47 bits per heavy atom. The molecule has 1 saturated heterocycles. The summed E-state index contributed by atoms with van der Waals surface area (Å²) in [4.78, 5) is 15.8. The van der Waals surface area contributed by atoms with Crippen LogP contribution >= 0.6 is 11.3 Å². The molecule has 4 atom stereocenters. The number of nitrogens with zero attached hydrogens (tertiary/aromatic N) is 1. The number of alkyl halides is 3. The molecule has 4 nitrogen and oxygen atoms in total. The van der Waals surface area contributed by atoms with Gasteiger partial charge in [-0.25, -0.2) is 0 Å². The Hall–Kier alpha value is -2.68. The van der Waals surface area contributed by atoms with Crippen LogP contribution in [0.3, 0.4) is 0 Å². The summed E-state index contributed by atoms with van der Waals surface area (Å²) in [5.41, 5.74) is -0.763. The van der Waals surface area contributed by atoms with Crippen molar-refractivity contribution in [3.63, 3.8) is 0 Å². The average Bonchev–Trinajstić information content (AvgIpc) is 3.53. The molecule has 36 heavy (non-hydrogen) atoms. The second kappa shape index (κ2) is 9.32. The van der Waals surface area contributed by atoms with Crippen molar-refractivity contribution in [2.75, 3.05) is 20.2 Å². The highest BCUT2D eigenvalue weighted by molar-refractivity contribution is 7.08. The van der Waals surface area contributed by atoms with Gasteiger partial charge in [0.15, 0.2) is 0 Å². The highest BCUT2D eigenvalue weighted by Gasteiger charge is 2.66. The molecule has 2 aromatic carbocycles. The minimum Gasteiger partial charge on any atom is -0.469 e. The Kier molecular flexibility index (Phi) is 6.47. The van der Waals surface area contributed by atoms with Crippen LogP contribution in [0.5, 0.6) is 0 Å². The number of hydrogen-bond acceptors (Lipinski definition) is 5. The molecule has 1 aliphatic heterocycles. The van der Waals surface area contributed by atoms with E-state index in [1.54, 1.807) is 11.3 Å². The number of fused-ring (bicyclic) bond motifs is 1. The average molecular weight is 516 g/mol. The third kappa shape index (κ3) is 4.15. The van der Waals surface area contributed by atoms with Crippen molar-refractivity contribution in [1.29, 1.82) is 0 Å². The maximum Gasteiger partial charge on any atom is 0.416 e. The molecule has 1 N–H and O–H groups in total. The number of rotatable bonds is 5. The van der Waals surface area contributed by atoms with Gasteiger partial charge in [-0.15, -0.1) is 0 Å². The minimum absolute atomic E-state index is 0.170. The predicted molar refractivity (Wildman–Crippen MR) is 131 cm³/mol. The second-order valence-electron chi connectivity index (χ2n) is 9.89. The van der Waals surface area contributed by atoms with E-state index in [9.17, 15) is 23.1 Å². The standard InChI is InChI=1S/C28H28F3NO3S/c1-35-25(33)26-18-32(15-19-5-3-2-4-6-19)16-24(26)27(34,13-11-23(26)20-12-14-36-17-20)21-7-9-22(10-8-21)28(29,30)31/h2-10,12,14,17,23-24,34H,11,13,15-16,18H2,1H3. The van der Waals surface area contributed by atoms with Crippen molar-refractivity contribution >= 4 is 17.3 Å². The summed E-state index contributed by atoms with van der Waals surface area (Å²) in [7, 11) is 1.37. The van der Waals surface area contributed by atoms with Crippen LogP contribution in [0.4, 0.5) is 13.2 Å². The van der Waals surface area contributed by atoms with Gasteiger partial charge in [-0.05, 0) is 58.5 Å². The molecule has 1 aliphatic carbocycles. The smallest absolute Gasteiger partial charge is 0.416 e. The van der Waals surface area contributed by atoms with Crippen LogP contribution in [0.1, 0.15) is 41.0 Å². The lowest BCUT2D eigenvalue weighted by molar-refractivity contribution is -0.173. The lowest BCUT2D eigenvalue weighted by Crippen LogP contribution is -2.56. The monoisotopic (exact) mass is 515 g/mol. The first-order chi connectivity index (χ1) is 17.2. The number of hydrogen-bond donors (Lipinski definition) is 1. The Balaban J connectivity index is 1.60. The molecule has 1 saturated carbocycles. The van der Waals surface area contributed by atoms with Gasteiger partial charge in [-0.3, -0.25) is 9.69 Å². The van der Waals surface area contributed by atoms with Crippen LogP contribution in [0.15, 0.2) is 71.4 Å². The molecule has 0 radical (unpaired) electrons. The van der Waals surface area contributed by atoms with Crippen molar-refractivity contribution < 1.29 is 27.8 Å². The van der Waals surface area contributed by atoms with Crippen LogP contribution in [0, 0.1) is 11.3 Å². The quantitative estimate of drug-likeness (QED) is 0.435.